The molecule has 33 heavy (non-hydrogen) atoms. The number of fused-ring (bicyclic) bond motifs is 1. The maximum atomic E-state index is 14.0. The standard InChI is InChI=1S/C20H16Cl2FN7O3/c1-8(14-11(21)4-5-12(23)15(14)22)33-20-27-16-9(6-13-17(31)28-19(32)26-13)7-24-30(16)18(29-20)25-10-2-3-10/h4-8,10,31H,2-3H2,1H3,(H2,26,28,32)/b9-6-,25-18?/t8-/m1/s1. The molecular weight excluding hydrogens is 476 g/mol. The van der Waals surface area contributed by atoms with Gasteiger partial charge < -0.3 is 14.8 Å². The lowest BCUT2D eigenvalue weighted by atomic mass is 10.1. The van der Waals surface area contributed by atoms with Crippen LogP contribution in [0.1, 0.15) is 37.1 Å². The first-order valence-corrected chi connectivity index (χ1v) is 10.7. The zero-order chi connectivity index (χ0) is 23.3. The third kappa shape index (κ3) is 4.16. The summed E-state index contributed by atoms with van der Waals surface area (Å²) in [5.74, 6) is -0.947. The average Bonchev–Trinajstić information content (AvgIpc) is 3.40. The second-order valence-corrected chi connectivity index (χ2v) is 8.29. The third-order valence-electron chi connectivity index (χ3n) is 5.01. The molecule has 1 atom stereocenters. The van der Waals surface area contributed by atoms with E-state index in [1.165, 1.54) is 28.9 Å². The Morgan fingerprint density at radius 2 is 2.12 bits per heavy atom. The predicted octanol–water partition coefficient (Wildman–Crippen LogP) is 2.04. The number of aromatic nitrogens is 6. The summed E-state index contributed by atoms with van der Waals surface area (Å²) in [6.07, 6.45) is 4.08. The van der Waals surface area contributed by atoms with Crippen LogP contribution in [-0.4, -0.2) is 40.7 Å². The van der Waals surface area contributed by atoms with Gasteiger partial charge in [-0.25, -0.2) is 14.2 Å². The van der Waals surface area contributed by atoms with E-state index in [0.29, 0.717) is 10.9 Å². The van der Waals surface area contributed by atoms with Crippen molar-refractivity contribution >= 4 is 34.9 Å². The lowest BCUT2D eigenvalue weighted by molar-refractivity contribution is 0.205. The number of aromatic hydroxyl groups is 1. The Bertz CT molecular complexity index is 1560. The average molecular weight is 492 g/mol. The molecule has 0 spiro atoms. The highest BCUT2D eigenvalue weighted by Crippen LogP contribution is 2.34. The van der Waals surface area contributed by atoms with Gasteiger partial charge in [-0.3, -0.25) is 4.98 Å². The van der Waals surface area contributed by atoms with Gasteiger partial charge in [0.15, 0.2) is 5.65 Å². The van der Waals surface area contributed by atoms with Crippen molar-refractivity contribution in [3.63, 3.8) is 0 Å². The van der Waals surface area contributed by atoms with E-state index in [2.05, 4.69) is 30.0 Å². The molecule has 170 valence electrons. The minimum Gasteiger partial charge on any atom is -0.493 e. The van der Waals surface area contributed by atoms with Gasteiger partial charge >= 0.3 is 11.7 Å². The van der Waals surface area contributed by atoms with E-state index in [9.17, 15) is 14.3 Å². The maximum Gasteiger partial charge on any atom is 0.326 e. The van der Waals surface area contributed by atoms with Gasteiger partial charge in [-0.15, -0.1) is 0 Å². The summed E-state index contributed by atoms with van der Waals surface area (Å²) < 4.78 is 21.3. The molecule has 10 nitrogen and oxygen atoms in total. The molecule has 0 aliphatic heterocycles. The van der Waals surface area contributed by atoms with E-state index >= 15 is 0 Å². The molecule has 0 unspecified atom stereocenters. The first-order chi connectivity index (χ1) is 15.8. The fourth-order valence-electron chi connectivity index (χ4n) is 3.25. The minimum absolute atomic E-state index is 0.0484. The third-order valence-corrected chi connectivity index (χ3v) is 5.72. The number of imidazole rings is 1. The Hall–Kier alpha value is -3.44. The fourth-order valence-corrected chi connectivity index (χ4v) is 3.92. The largest absolute Gasteiger partial charge is 0.493 e. The molecule has 1 saturated carbocycles. The number of rotatable bonds is 5. The molecule has 5 rings (SSSR count). The molecule has 0 radical (unpaired) electrons. The van der Waals surface area contributed by atoms with Crippen LogP contribution in [0.2, 0.25) is 10.0 Å². The van der Waals surface area contributed by atoms with E-state index in [-0.39, 0.29) is 44.9 Å². The van der Waals surface area contributed by atoms with Gasteiger partial charge in [-0.1, -0.05) is 23.2 Å². The summed E-state index contributed by atoms with van der Waals surface area (Å²) in [5.41, 5.74) is 0.453. The van der Waals surface area contributed by atoms with Crippen molar-refractivity contribution in [3.05, 3.63) is 66.8 Å². The summed E-state index contributed by atoms with van der Waals surface area (Å²) in [6, 6.07) is 2.64. The van der Waals surface area contributed by atoms with Crippen LogP contribution >= 0.6 is 23.2 Å². The Morgan fingerprint density at radius 3 is 2.82 bits per heavy atom. The molecular formula is C20H16Cl2FN7O3. The first kappa shape index (κ1) is 21.4. The number of nitrogens with one attached hydrogen (secondary N) is 2. The van der Waals surface area contributed by atoms with Crippen molar-refractivity contribution in [3.8, 4) is 11.9 Å². The van der Waals surface area contributed by atoms with Crippen LogP contribution in [0, 0.1) is 5.82 Å². The van der Waals surface area contributed by atoms with Gasteiger partial charge in [0.25, 0.3) is 5.62 Å². The van der Waals surface area contributed by atoms with Crippen molar-refractivity contribution in [2.75, 3.05) is 0 Å². The number of benzene rings is 1. The Kier molecular flexibility index (Phi) is 5.29. The molecule has 3 N–H and O–H groups in total. The van der Waals surface area contributed by atoms with Gasteiger partial charge in [-0.2, -0.15) is 19.6 Å². The van der Waals surface area contributed by atoms with E-state index in [1.54, 1.807) is 6.92 Å². The normalized spacial score (nSPS) is 16.0. The Balaban J connectivity index is 1.63. The minimum atomic E-state index is -0.780. The number of ether oxygens (including phenoxy) is 1. The quantitative estimate of drug-likeness (QED) is 0.365. The lowest BCUT2D eigenvalue weighted by Crippen LogP contribution is -2.24. The molecule has 0 amide bonds. The molecule has 1 aromatic carbocycles. The molecule has 0 bridgehead atoms. The molecule has 1 aliphatic rings. The van der Waals surface area contributed by atoms with E-state index in [0.717, 1.165) is 12.8 Å². The first-order valence-electron chi connectivity index (χ1n) is 9.93. The van der Waals surface area contributed by atoms with Gasteiger partial charge in [0.05, 0.1) is 17.3 Å². The van der Waals surface area contributed by atoms with Crippen molar-refractivity contribution < 1.29 is 14.2 Å². The van der Waals surface area contributed by atoms with Crippen LogP contribution in [0.25, 0.3) is 11.7 Å². The highest BCUT2D eigenvalue weighted by molar-refractivity contribution is 6.36. The monoisotopic (exact) mass is 491 g/mol. The smallest absolute Gasteiger partial charge is 0.326 e. The number of H-pyrrole nitrogens is 2. The van der Waals surface area contributed by atoms with Crippen LogP contribution in [0.15, 0.2) is 28.1 Å². The lowest BCUT2D eigenvalue weighted by Gasteiger charge is -2.16. The zero-order valence-electron chi connectivity index (χ0n) is 17.0. The zero-order valence-corrected chi connectivity index (χ0v) is 18.5. The summed E-state index contributed by atoms with van der Waals surface area (Å²) in [4.78, 5) is 29.5. The molecule has 3 aromatic heterocycles. The molecule has 0 saturated heterocycles. The second-order valence-electron chi connectivity index (χ2n) is 7.50. The summed E-state index contributed by atoms with van der Waals surface area (Å²) in [5, 5.41) is 14.7. The molecule has 1 aliphatic carbocycles. The Labute approximate surface area is 194 Å². The van der Waals surface area contributed by atoms with Crippen LogP contribution in [0.5, 0.6) is 11.9 Å². The highest BCUT2D eigenvalue weighted by atomic mass is 35.5. The van der Waals surface area contributed by atoms with Crippen molar-refractivity contribution in [1.29, 1.82) is 0 Å². The number of halogens is 3. The van der Waals surface area contributed by atoms with Gasteiger partial charge in [0.2, 0.25) is 5.88 Å². The number of aromatic amines is 2. The van der Waals surface area contributed by atoms with Gasteiger partial charge in [0.1, 0.15) is 17.6 Å². The predicted molar refractivity (Wildman–Crippen MR) is 117 cm³/mol. The van der Waals surface area contributed by atoms with E-state index in [1.807, 2.05) is 0 Å². The van der Waals surface area contributed by atoms with Crippen LogP contribution in [0.4, 0.5) is 4.39 Å². The van der Waals surface area contributed by atoms with Crippen LogP contribution in [0.3, 0.4) is 0 Å². The van der Waals surface area contributed by atoms with E-state index in [4.69, 9.17) is 27.9 Å². The van der Waals surface area contributed by atoms with Gasteiger partial charge in [-0.05, 0) is 38.0 Å². The van der Waals surface area contributed by atoms with Crippen molar-refractivity contribution in [2.45, 2.75) is 31.9 Å². The molecule has 3 heterocycles. The molecule has 4 aromatic rings. The summed E-state index contributed by atoms with van der Waals surface area (Å²) >= 11 is 12.3. The maximum absolute atomic E-state index is 14.0. The summed E-state index contributed by atoms with van der Waals surface area (Å²) in [7, 11) is 0. The van der Waals surface area contributed by atoms with E-state index < -0.39 is 17.6 Å². The number of nitrogens with zero attached hydrogens (tertiary/aromatic N) is 5. The summed E-state index contributed by atoms with van der Waals surface area (Å²) in [6.45, 7) is 1.64. The van der Waals surface area contributed by atoms with Crippen LogP contribution < -0.4 is 21.3 Å². The molecule has 13 heteroatoms. The SMILES string of the molecule is C[C@@H](Oc1nc(=NC2CC2)n2nc/c(=C/c3[nH]c(=O)[nH]c3O)c2n1)c1c(Cl)ccc(F)c1Cl. The van der Waals surface area contributed by atoms with Crippen molar-refractivity contribution in [2.24, 2.45) is 4.99 Å². The topological polar surface area (TPSA) is 134 Å². The highest BCUT2D eigenvalue weighted by Gasteiger charge is 2.23. The van der Waals surface area contributed by atoms with Crippen LogP contribution in [-0.2, 0) is 0 Å². The number of hydrogen-bond donors (Lipinski definition) is 3. The van der Waals surface area contributed by atoms with Gasteiger partial charge in [0, 0.05) is 15.8 Å². The Morgan fingerprint density at radius 1 is 1.33 bits per heavy atom. The van der Waals surface area contributed by atoms with Crippen molar-refractivity contribution in [1.82, 2.24) is 29.5 Å². The second kappa shape index (κ2) is 8.16. The fraction of sp³-hybridized carbons (Fsp3) is 0.250. The molecule has 1 fully saturated rings. The number of hydrogen-bond acceptors (Lipinski definition) is 7.